The number of ether oxygens (including phenoxy) is 1. The molecule has 3 aromatic rings. The van der Waals surface area contributed by atoms with Crippen molar-refractivity contribution in [3.8, 4) is 5.75 Å². The summed E-state index contributed by atoms with van der Waals surface area (Å²) in [5.41, 5.74) is 2.62. The van der Waals surface area contributed by atoms with Crippen LogP contribution in [0.2, 0.25) is 0 Å². The van der Waals surface area contributed by atoms with Crippen molar-refractivity contribution in [2.45, 2.75) is 32.6 Å². The lowest BCUT2D eigenvalue weighted by Crippen LogP contribution is -2.33. The number of hydrogen-bond acceptors (Lipinski definition) is 4. The summed E-state index contributed by atoms with van der Waals surface area (Å²) in [5.74, 6) is 0.317. The van der Waals surface area contributed by atoms with Gasteiger partial charge in [0, 0.05) is 11.1 Å². The Morgan fingerprint density at radius 1 is 0.933 bits per heavy atom. The third-order valence-corrected chi connectivity index (χ3v) is 4.80. The Morgan fingerprint density at radius 3 is 2.30 bits per heavy atom. The zero-order chi connectivity index (χ0) is 21.6. The van der Waals surface area contributed by atoms with Gasteiger partial charge in [-0.05, 0) is 44.5 Å². The summed E-state index contributed by atoms with van der Waals surface area (Å²) < 4.78 is 5.21. The maximum absolute atomic E-state index is 12.9. The molecule has 0 heterocycles. The van der Waals surface area contributed by atoms with E-state index in [-0.39, 0.29) is 5.91 Å². The molecule has 1 N–H and O–H groups in total. The van der Waals surface area contributed by atoms with E-state index in [9.17, 15) is 4.79 Å². The summed E-state index contributed by atoms with van der Waals surface area (Å²) >= 11 is 0. The van der Waals surface area contributed by atoms with Crippen LogP contribution >= 0.6 is 0 Å². The Labute approximate surface area is 177 Å². The molecule has 0 aromatic heterocycles. The highest BCUT2D eigenvalue weighted by atomic mass is 17.2. The van der Waals surface area contributed by atoms with Crippen molar-refractivity contribution >= 4 is 5.91 Å². The minimum Gasteiger partial charge on any atom is -0.497 e. The Hall–Kier alpha value is -3.15. The molecule has 1 atom stereocenters. The van der Waals surface area contributed by atoms with Gasteiger partial charge in [-0.2, -0.15) is 0 Å². The van der Waals surface area contributed by atoms with Gasteiger partial charge in [-0.1, -0.05) is 66.2 Å². The summed E-state index contributed by atoms with van der Waals surface area (Å²) in [6.07, 6.45) is -0.785. The summed E-state index contributed by atoms with van der Waals surface area (Å²) in [4.78, 5) is 24.4. The Bertz CT molecular complexity index is 968. The van der Waals surface area contributed by atoms with Gasteiger partial charge in [0.2, 0.25) is 0 Å². The van der Waals surface area contributed by atoms with Crippen LogP contribution in [0.25, 0.3) is 0 Å². The largest absolute Gasteiger partial charge is 0.497 e. The van der Waals surface area contributed by atoms with E-state index in [4.69, 9.17) is 14.5 Å². The Balaban J connectivity index is 1.80. The number of rotatable bonds is 8. The minimum atomic E-state index is -0.785. The molecule has 0 aliphatic rings. The van der Waals surface area contributed by atoms with Crippen LogP contribution < -0.4 is 10.1 Å². The van der Waals surface area contributed by atoms with Crippen molar-refractivity contribution in [3.05, 3.63) is 101 Å². The molecule has 3 rings (SSSR count). The van der Waals surface area contributed by atoms with Crippen molar-refractivity contribution in [1.29, 1.82) is 0 Å². The molecule has 5 nitrogen and oxygen atoms in total. The third kappa shape index (κ3) is 5.47. The molecule has 0 radical (unpaired) electrons. The highest BCUT2D eigenvalue weighted by Crippen LogP contribution is 2.28. The Morgan fingerprint density at radius 2 is 1.63 bits per heavy atom. The van der Waals surface area contributed by atoms with Crippen molar-refractivity contribution < 1.29 is 19.3 Å². The fraction of sp³-hybridized carbons (Fsp3) is 0.240. The van der Waals surface area contributed by atoms with E-state index in [1.807, 2.05) is 75.4 Å². The molecular weight excluding hydrogens is 378 g/mol. The van der Waals surface area contributed by atoms with E-state index in [2.05, 4.69) is 5.32 Å². The van der Waals surface area contributed by atoms with Gasteiger partial charge < -0.3 is 10.1 Å². The summed E-state index contributed by atoms with van der Waals surface area (Å²) in [7, 11) is 1.56. The molecule has 0 spiro atoms. The molecule has 0 fully saturated rings. The van der Waals surface area contributed by atoms with Crippen LogP contribution in [0.5, 0.6) is 5.75 Å². The fourth-order valence-corrected chi connectivity index (χ4v) is 2.93. The number of hydrogen-bond donors (Lipinski definition) is 1. The number of carbonyl (C=O) groups excluding carboxylic acids is 1. The van der Waals surface area contributed by atoms with Gasteiger partial charge in [0.05, 0.1) is 7.11 Å². The smallest absolute Gasteiger partial charge is 0.253 e. The van der Waals surface area contributed by atoms with E-state index in [1.165, 1.54) is 0 Å². The van der Waals surface area contributed by atoms with Crippen LogP contribution in [0.1, 0.15) is 47.1 Å². The first-order chi connectivity index (χ1) is 14.4. The van der Waals surface area contributed by atoms with E-state index >= 15 is 0 Å². The first-order valence-electron chi connectivity index (χ1n) is 9.80. The van der Waals surface area contributed by atoms with Crippen molar-refractivity contribution in [1.82, 2.24) is 5.32 Å². The quantitative estimate of drug-likeness (QED) is 0.313. The normalized spacial score (nSPS) is 12.3. The second kappa shape index (κ2) is 9.57. The van der Waals surface area contributed by atoms with Gasteiger partial charge >= 0.3 is 0 Å². The van der Waals surface area contributed by atoms with Gasteiger partial charge in [0.1, 0.15) is 11.4 Å². The molecule has 0 saturated heterocycles. The van der Waals surface area contributed by atoms with Crippen LogP contribution in [-0.4, -0.2) is 13.0 Å². The minimum absolute atomic E-state index is 0.291. The zero-order valence-electron chi connectivity index (χ0n) is 17.7. The van der Waals surface area contributed by atoms with E-state index in [0.29, 0.717) is 11.3 Å². The molecule has 30 heavy (non-hydrogen) atoms. The second-order valence-electron chi connectivity index (χ2n) is 7.55. The predicted molar refractivity (Wildman–Crippen MR) is 116 cm³/mol. The summed E-state index contributed by atoms with van der Waals surface area (Å²) in [6, 6.07) is 24.5. The summed E-state index contributed by atoms with van der Waals surface area (Å²) in [5, 5.41) is 2.90. The molecule has 156 valence electrons. The van der Waals surface area contributed by atoms with E-state index < -0.39 is 11.8 Å². The van der Waals surface area contributed by atoms with Crippen molar-refractivity contribution in [2.24, 2.45) is 0 Å². The lowest BCUT2D eigenvalue weighted by molar-refractivity contribution is -0.388. The van der Waals surface area contributed by atoms with Gasteiger partial charge in [-0.3, -0.25) is 4.79 Å². The van der Waals surface area contributed by atoms with Crippen LogP contribution in [0, 0.1) is 6.92 Å². The second-order valence-corrected chi connectivity index (χ2v) is 7.55. The highest BCUT2D eigenvalue weighted by Gasteiger charge is 2.26. The number of benzene rings is 3. The van der Waals surface area contributed by atoms with Gasteiger partial charge in [-0.25, -0.2) is 9.78 Å². The highest BCUT2D eigenvalue weighted by molar-refractivity contribution is 5.94. The summed E-state index contributed by atoms with van der Waals surface area (Å²) in [6.45, 7) is 5.83. The molecule has 0 bridgehead atoms. The molecule has 0 aliphatic carbocycles. The van der Waals surface area contributed by atoms with E-state index in [1.54, 1.807) is 31.4 Å². The molecule has 0 aliphatic heterocycles. The zero-order valence-corrected chi connectivity index (χ0v) is 17.7. The maximum Gasteiger partial charge on any atom is 0.253 e. The van der Waals surface area contributed by atoms with Crippen LogP contribution in [0.4, 0.5) is 0 Å². The van der Waals surface area contributed by atoms with Crippen LogP contribution in [0.15, 0.2) is 78.9 Å². The van der Waals surface area contributed by atoms with Crippen LogP contribution in [0.3, 0.4) is 0 Å². The third-order valence-electron chi connectivity index (χ3n) is 4.80. The number of carbonyl (C=O) groups is 1. The monoisotopic (exact) mass is 405 g/mol. The molecule has 1 amide bonds. The first kappa shape index (κ1) is 21.6. The molecular formula is C25H27NO4. The number of nitrogens with one attached hydrogen (secondary N) is 1. The number of methoxy groups -OCH3 is 1. The number of aryl methyl sites for hydroxylation is 1. The Kier molecular flexibility index (Phi) is 6.87. The van der Waals surface area contributed by atoms with E-state index in [0.717, 1.165) is 16.7 Å². The van der Waals surface area contributed by atoms with Crippen molar-refractivity contribution in [2.75, 3.05) is 7.11 Å². The molecule has 5 heteroatoms. The topological polar surface area (TPSA) is 56.8 Å². The SMILES string of the molecule is COc1cccc(C(=O)N[C@H](OOC(C)(C)c2ccccc2)c2ccc(C)cc2)c1. The standard InChI is InChI=1S/C25H27NO4/c1-18-13-15-19(16-14-18)24(26-23(27)20-9-8-12-22(17-20)28-4)29-30-25(2,3)21-10-6-5-7-11-21/h5-17,24H,1-4H3,(H,26,27)/t24-/m1/s1. The average molecular weight is 405 g/mol. The predicted octanol–water partition coefficient (Wildman–Crippen LogP) is 5.32. The maximum atomic E-state index is 12.9. The fourth-order valence-electron chi connectivity index (χ4n) is 2.93. The molecule has 3 aromatic carbocycles. The molecule has 0 unspecified atom stereocenters. The lowest BCUT2D eigenvalue weighted by Gasteiger charge is -2.27. The number of amides is 1. The van der Waals surface area contributed by atoms with Crippen LogP contribution in [-0.2, 0) is 15.4 Å². The van der Waals surface area contributed by atoms with Crippen molar-refractivity contribution in [3.63, 3.8) is 0 Å². The first-order valence-corrected chi connectivity index (χ1v) is 9.80. The molecule has 0 saturated carbocycles. The van der Waals surface area contributed by atoms with Gasteiger partial charge in [0.25, 0.3) is 5.91 Å². The average Bonchev–Trinajstić information content (AvgIpc) is 2.77. The van der Waals surface area contributed by atoms with Gasteiger partial charge in [0.15, 0.2) is 6.23 Å². The lowest BCUT2D eigenvalue weighted by atomic mass is 9.99. The van der Waals surface area contributed by atoms with Gasteiger partial charge in [-0.15, -0.1) is 0 Å².